The van der Waals surface area contributed by atoms with Crippen molar-refractivity contribution in [1.29, 1.82) is 0 Å². The van der Waals surface area contributed by atoms with Gasteiger partial charge < -0.3 is 10.1 Å². The number of halogens is 1. The molecule has 1 N–H and O–H groups in total. The summed E-state index contributed by atoms with van der Waals surface area (Å²) in [5.74, 6) is 2.48. The van der Waals surface area contributed by atoms with Crippen molar-refractivity contribution < 1.29 is 9.13 Å². The van der Waals surface area contributed by atoms with Crippen LogP contribution in [0.25, 0.3) is 0 Å². The smallest absolute Gasteiger partial charge is 0.118 e. The van der Waals surface area contributed by atoms with Crippen molar-refractivity contribution in [2.24, 2.45) is 5.92 Å². The maximum absolute atomic E-state index is 14.7. The second-order valence-electron chi connectivity index (χ2n) is 6.09. The van der Waals surface area contributed by atoms with E-state index in [2.05, 4.69) is 5.32 Å². The topological polar surface area (TPSA) is 21.3 Å². The molecule has 3 aliphatic rings. The Hall–Kier alpha value is 0.200. The summed E-state index contributed by atoms with van der Waals surface area (Å²) in [6.07, 6.45) is 5.71. The molecule has 3 saturated heterocycles. The summed E-state index contributed by atoms with van der Waals surface area (Å²) in [6.45, 7) is 1.76. The molecule has 0 bridgehead atoms. The lowest BCUT2D eigenvalue weighted by atomic mass is 9.79. The zero-order valence-electron chi connectivity index (χ0n) is 11.0. The first-order chi connectivity index (χ1) is 8.79. The highest BCUT2D eigenvalue weighted by Crippen LogP contribution is 2.42. The average Bonchev–Trinajstić information content (AvgIpc) is 2.87. The first-order valence-corrected chi connectivity index (χ1v) is 8.54. The van der Waals surface area contributed by atoms with E-state index in [-0.39, 0.29) is 17.6 Å². The Kier molecular flexibility index (Phi) is 4.16. The van der Waals surface area contributed by atoms with Gasteiger partial charge in [0.1, 0.15) is 6.17 Å². The van der Waals surface area contributed by atoms with Crippen molar-refractivity contribution in [1.82, 2.24) is 5.32 Å². The number of nitrogens with one attached hydrogen (secondary N) is 1. The van der Waals surface area contributed by atoms with E-state index < -0.39 is 6.17 Å². The number of alkyl halides is 1. The van der Waals surface area contributed by atoms with Crippen molar-refractivity contribution >= 4 is 11.8 Å². The largest absolute Gasteiger partial charge is 0.374 e. The first kappa shape index (κ1) is 13.2. The van der Waals surface area contributed by atoms with E-state index in [1.165, 1.54) is 18.6 Å². The summed E-state index contributed by atoms with van der Waals surface area (Å²) < 4.78 is 20.7. The third-order valence-corrected chi connectivity index (χ3v) is 6.00. The first-order valence-electron chi connectivity index (χ1n) is 7.38. The van der Waals surface area contributed by atoms with E-state index in [1.54, 1.807) is 0 Å². The van der Waals surface area contributed by atoms with Gasteiger partial charge in [0.05, 0.1) is 5.60 Å². The fourth-order valence-corrected chi connectivity index (χ4v) is 5.06. The number of hydrogen-bond donors (Lipinski definition) is 1. The third kappa shape index (κ3) is 2.70. The number of thioether (sulfide) groups is 1. The van der Waals surface area contributed by atoms with Crippen LogP contribution >= 0.6 is 11.8 Å². The molecule has 0 aliphatic carbocycles. The van der Waals surface area contributed by atoms with Crippen molar-refractivity contribution in [3.05, 3.63) is 0 Å². The Morgan fingerprint density at radius 2 is 2.28 bits per heavy atom. The maximum Gasteiger partial charge on any atom is 0.118 e. The summed E-state index contributed by atoms with van der Waals surface area (Å²) in [5, 5.41) is 3.37. The van der Waals surface area contributed by atoms with E-state index in [0.717, 1.165) is 44.6 Å². The molecule has 0 amide bonds. The lowest BCUT2D eigenvalue weighted by Gasteiger charge is -2.41. The van der Waals surface area contributed by atoms with Crippen LogP contribution in [0, 0.1) is 5.92 Å². The van der Waals surface area contributed by atoms with Crippen LogP contribution < -0.4 is 5.32 Å². The lowest BCUT2D eigenvalue weighted by molar-refractivity contribution is -0.0953. The Morgan fingerprint density at radius 1 is 1.33 bits per heavy atom. The van der Waals surface area contributed by atoms with Gasteiger partial charge in [-0.15, -0.1) is 0 Å². The van der Waals surface area contributed by atoms with Gasteiger partial charge >= 0.3 is 0 Å². The highest BCUT2D eigenvalue weighted by molar-refractivity contribution is 7.99. The molecule has 3 heterocycles. The van der Waals surface area contributed by atoms with Gasteiger partial charge in [-0.25, -0.2) is 4.39 Å². The van der Waals surface area contributed by atoms with E-state index in [4.69, 9.17) is 4.74 Å². The molecular formula is C14H24FNOS. The second kappa shape index (κ2) is 5.68. The molecule has 2 nitrogen and oxygen atoms in total. The van der Waals surface area contributed by atoms with Crippen molar-refractivity contribution in [2.45, 2.75) is 56.3 Å². The number of rotatable bonds is 2. The van der Waals surface area contributed by atoms with Crippen LogP contribution in [-0.2, 0) is 4.74 Å². The number of hydrogen-bond acceptors (Lipinski definition) is 3. The van der Waals surface area contributed by atoms with Crippen LogP contribution in [0.3, 0.4) is 0 Å². The fraction of sp³-hybridized carbons (Fsp3) is 1.00. The van der Waals surface area contributed by atoms with E-state index >= 15 is 0 Å². The number of piperidine rings is 1. The normalized spacial score (nSPS) is 43.2. The molecule has 0 aromatic carbocycles. The molecule has 3 rings (SSSR count). The third-order valence-electron chi connectivity index (χ3n) is 4.78. The molecule has 0 aromatic rings. The summed E-state index contributed by atoms with van der Waals surface area (Å²) in [7, 11) is 0. The molecule has 0 saturated carbocycles. The molecule has 104 valence electrons. The van der Waals surface area contributed by atoms with Gasteiger partial charge in [0.15, 0.2) is 0 Å². The van der Waals surface area contributed by atoms with Crippen LogP contribution in [-0.4, -0.2) is 42.5 Å². The SMILES string of the molecule is FC(C1CCOC2(CCSC2)C1)C1CCCCN1. The summed E-state index contributed by atoms with van der Waals surface area (Å²) in [6, 6.07) is 0.105. The Balaban J connectivity index is 1.60. The van der Waals surface area contributed by atoms with E-state index in [1.807, 2.05) is 11.8 Å². The Bertz CT molecular complexity index is 277. The quantitative estimate of drug-likeness (QED) is 0.836. The molecule has 4 atom stereocenters. The molecule has 3 aliphatic heterocycles. The fourth-order valence-electron chi connectivity index (χ4n) is 3.68. The molecule has 0 radical (unpaired) electrons. The van der Waals surface area contributed by atoms with E-state index in [0.29, 0.717) is 0 Å². The van der Waals surface area contributed by atoms with Crippen molar-refractivity contribution in [3.8, 4) is 0 Å². The molecule has 1 spiro atoms. The van der Waals surface area contributed by atoms with Crippen molar-refractivity contribution in [2.75, 3.05) is 24.7 Å². The highest BCUT2D eigenvalue weighted by Gasteiger charge is 2.44. The van der Waals surface area contributed by atoms with Crippen LogP contribution in [0.2, 0.25) is 0 Å². The van der Waals surface area contributed by atoms with Crippen LogP contribution in [0.1, 0.15) is 38.5 Å². The van der Waals surface area contributed by atoms with Gasteiger partial charge in [0.25, 0.3) is 0 Å². The molecule has 18 heavy (non-hydrogen) atoms. The second-order valence-corrected chi connectivity index (χ2v) is 7.19. The molecule has 0 aromatic heterocycles. The standard InChI is InChI=1S/C14H24FNOS/c15-13(12-3-1-2-6-16-12)11-4-7-17-14(9-11)5-8-18-10-14/h11-13,16H,1-10H2. The zero-order chi connectivity index (χ0) is 12.4. The monoisotopic (exact) mass is 273 g/mol. The maximum atomic E-state index is 14.7. The van der Waals surface area contributed by atoms with Gasteiger partial charge in [-0.05, 0) is 50.3 Å². The minimum atomic E-state index is -0.670. The van der Waals surface area contributed by atoms with E-state index in [9.17, 15) is 4.39 Å². The Morgan fingerprint density at radius 3 is 3.00 bits per heavy atom. The van der Waals surface area contributed by atoms with Gasteiger partial charge in [-0.2, -0.15) is 11.8 Å². The van der Waals surface area contributed by atoms with Gasteiger partial charge in [0.2, 0.25) is 0 Å². The summed E-state index contributed by atoms with van der Waals surface area (Å²) in [4.78, 5) is 0. The van der Waals surface area contributed by atoms with Crippen LogP contribution in [0.5, 0.6) is 0 Å². The minimum Gasteiger partial charge on any atom is -0.374 e. The lowest BCUT2D eigenvalue weighted by Crippen LogP contribution is -2.49. The Labute approximate surface area is 113 Å². The van der Waals surface area contributed by atoms with Crippen LogP contribution in [0.4, 0.5) is 4.39 Å². The average molecular weight is 273 g/mol. The summed E-state index contributed by atoms with van der Waals surface area (Å²) in [5.41, 5.74) is 0.0204. The highest BCUT2D eigenvalue weighted by atomic mass is 32.2. The van der Waals surface area contributed by atoms with Gasteiger partial charge in [-0.3, -0.25) is 0 Å². The predicted molar refractivity (Wildman–Crippen MR) is 73.9 cm³/mol. The van der Waals surface area contributed by atoms with Crippen LogP contribution in [0.15, 0.2) is 0 Å². The molecule has 3 fully saturated rings. The van der Waals surface area contributed by atoms with Gasteiger partial charge in [-0.1, -0.05) is 6.42 Å². The molecular weight excluding hydrogens is 249 g/mol. The molecule has 4 unspecified atom stereocenters. The predicted octanol–water partition coefficient (Wildman–Crippen LogP) is 2.77. The van der Waals surface area contributed by atoms with Crippen molar-refractivity contribution in [3.63, 3.8) is 0 Å². The zero-order valence-corrected chi connectivity index (χ0v) is 11.8. The van der Waals surface area contributed by atoms with Gasteiger partial charge in [0, 0.05) is 18.4 Å². The summed E-state index contributed by atoms with van der Waals surface area (Å²) >= 11 is 1.97. The minimum absolute atomic E-state index is 0.0204. The number of ether oxygens (including phenoxy) is 1. The molecule has 4 heteroatoms.